The molecular formula is C8H16BN. The van der Waals surface area contributed by atoms with Gasteiger partial charge in [-0.15, -0.1) is 0 Å². The van der Waals surface area contributed by atoms with Gasteiger partial charge in [-0.25, -0.2) is 0 Å². The largest absolute Gasteiger partial charge is 0.353 e. The lowest BCUT2D eigenvalue weighted by Crippen LogP contribution is -2.35. The molecule has 0 saturated carbocycles. The van der Waals surface area contributed by atoms with Gasteiger partial charge in [-0.1, -0.05) is 13.8 Å². The van der Waals surface area contributed by atoms with Crippen molar-refractivity contribution < 1.29 is 0 Å². The summed E-state index contributed by atoms with van der Waals surface area (Å²) in [6, 6.07) is 0. The molecule has 1 saturated heterocycles. The van der Waals surface area contributed by atoms with Crippen molar-refractivity contribution in [2.24, 2.45) is 11.8 Å². The van der Waals surface area contributed by atoms with E-state index in [0.717, 1.165) is 24.9 Å². The molecule has 0 aromatic rings. The normalized spacial score (nSPS) is 29.3. The molecule has 10 heavy (non-hydrogen) atoms. The summed E-state index contributed by atoms with van der Waals surface area (Å²) in [6.45, 7) is 6.74. The van der Waals surface area contributed by atoms with Gasteiger partial charge in [-0.3, -0.25) is 0 Å². The highest BCUT2D eigenvalue weighted by atomic mass is 15.0. The fourth-order valence-corrected chi connectivity index (χ4v) is 1.58. The molecule has 1 nitrogen and oxygen atoms in total. The van der Waals surface area contributed by atoms with Crippen LogP contribution in [0.15, 0.2) is 0 Å². The Balaban J connectivity index is 2.32. The topological polar surface area (TPSA) is 3.24 Å². The van der Waals surface area contributed by atoms with E-state index in [1.54, 1.807) is 0 Å². The second-order valence-electron chi connectivity index (χ2n) is 3.64. The Kier molecular flexibility index (Phi) is 2.78. The molecule has 0 aromatic heterocycles. The predicted molar refractivity (Wildman–Crippen MR) is 44.9 cm³/mol. The molecule has 0 aromatic carbocycles. The van der Waals surface area contributed by atoms with Gasteiger partial charge in [0.1, 0.15) is 0 Å². The minimum atomic E-state index is 0.798. The van der Waals surface area contributed by atoms with Gasteiger partial charge >= 0.3 is 0 Å². The van der Waals surface area contributed by atoms with Crippen molar-refractivity contribution in [3.63, 3.8) is 0 Å². The smallest absolute Gasteiger partial charge is 0.182 e. The first-order valence-electron chi connectivity index (χ1n) is 4.20. The van der Waals surface area contributed by atoms with E-state index in [4.69, 9.17) is 7.98 Å². The van der Waals surface area contributed by atoms with E-state index in [9.17, 15) is 0 Å². The average Bonchev–Trinajstić information content (AvgIpc) is 1.88. The lowest BCUT2D eigenvalue weighted by molar-refractivity contribution is 0.224. The third-order valence-electron chi connectivity index (χ3n) is 2.43. The van der Waals surface area contributed by atoms with Gasteiger partial charge in [-0.05, 0) is 37.8 Å². The molecule has 1 aliphatic rings. The Labute approximate surface area is 65.2 Å². The highest BCUT2D eigenvalue weighted by Gasteiger charge is 2.18. The predicted octanol–water partition coefficient (Wildman–Crippen LogP) is 1.44. The summed E-state index contributed by atoms with van der Waals surface area (Å²) < 4.78 is 0. The van der Waals surface area contributed by atoms with Gasteiger partial charge in [0.2, 0.25) is 0 Å². The summed E-state index contributed by atoms with van der Waals surface area (Å²) in [6.07, 6.45) is 2.64. The van der Waals surface area contributed by atoms with Gasteiger partial charge in [0.25, 0.3) is 0 Å². The van der Waals surface area contributed by atoms with E-state index in [2.05, 4.69) is 13.8 Å². The van der Waals surface area contributed by atoms with Gasteiger partial charge in [0.05, 0.1) is 0 Å². The van der Waals surface area contributed by atoms with Gasteiger partial charge in [0, 0.05) is 0 Å². The van der Waals surface area contributed by atoms with Crippen LogP contribution in [0.1, 0.15) is 26.7 Å². The van der Waals surface area contributed by atoms with Crippen molar-refractivity contribution in [2.75, 3.05) is 13.1 Å². The van der Waals surface area contributed by atoms with Crippen molar-refractivity contribution in [3.05, 3.63) is 0 Å². The minimum absolute atomic E-state index is 0.798. The molecule has 1 heterocycles. The van der Waals surface area contributed by atoms with Crippen LogP contribution in [0.2, 0.25) is 0 Å². The van der Waals surface area contributed by atoms with Crippen molar-refractivity contribution in [3.8, 4) is 0 Å². The van der Waals surface area contributed by atoms with Crippen LogP contribution in [0.25, 0.3) is 0 Å². The van der Waals surface area contributed by atoms with E-state index in [1.165, 1.54) is 12.8 Å². The van der Waals surface area contributed by atoms with Crippen LogP contribution < -0.4 is 0 Å². The standard InChI is InChI=1S/C8H16BN/c1-7(2)8-4-3-5-10(9)6-8/h7-8H,3-6H2,1-2H3. The van der Waals surface area contributed by atoms with Crippen molar-refractivity contribution in [1.29, 1.82) is 0 Å². The molecule has 1 fully saturated rings. The fourth-order valence-electron chi connectivity index (χ4n) is 1.58. The van der Waals surface area contributed by atoms with Crippen LogP contribution in [-0.4, -0.2) is 25.9 Å². The van der Waals surface area contributed by atoms with Gasteiger partial charge in [0.15, 0.2) is 7.98 Å². The Hall–Kier alpha value is 0.0249. The van der Waals surface area contributed by atoms with E-state index < -0.39 is 0 Å². The molecule has 56 valence electrons. The third-order valence-corrected chi connectivity index (χ3v) is 2.43. The fraction of sp³-hybridized carbons (Fsp3) is 1.00. The summed E-state index contributed by atoms with van der Waals surface area (Å²) in [5, 5.41) is 0. The second kappa shape index (κ2) is 3.43. The molecule has 1 atom stereocenters. The maximum atomic E-state index is 5.70. The summed E-state index contributed by atoms with van der Waals surface area (Å²) in [5.41, 5.74) is 0. The number of piperidine rings is 1. The molecule has 1 unspecified atom stereocenters. The minimum Gasteiger partial charge on any atom is -0.353 e. The van der Waals surface area contributed by atoms with Crippen LogP contribution in [-0.2, 0) is 0 Å². The van der Waals surface area contributed by atoms with Crippen molar-refractivity contribution in [2.45, 2.75) is 26.7 Å². The van der Waals surface area contributed by atoms with Crippen LogP contribution >= 0.6 is 0 Å². The summed E-state index contributed by atoms with van der Waals surface area (Å²) in [4.78, 5) is 1.95. The Morgan fingerprint density at radius 3 is 2.60 bits per heavy atom. The first kappa shape index (κ1) is 8.12. The lowest BCUT2D eigenvalue weighted by atomic mass is 9.87. The lowest BCUT2D eigenvalue weighted by Gasteiger charge is -2.32. The Bertz CT molecular complexity index is 103. The molecule has 0 N–H and O–H groups in total. The first-order chi connectivity index (χ1) is 4.70. The first-order valence-corrected chi connectivity index (χ1v) is 4.20. The summed E-state index contributed by atoms with van der Waals surface area (Å²) in [5.74, 6) is 1.63. The number of hydrogen-bond acceptors (Lipinski definition) is 1. The van der Waals surface area contributed by atoms with Crippen LogP contribution in [0.5, 0.6) is 0 Å². The molecule has 0 bridgehead atoms. The Morgan fingerprint density at radius 2 is 2.20 bits per heavy atom. The SMILES string of the molecule is [B]N1CCCC(C(C)C)C1. The highest BCUT2D eigenvalue weighted by molar-refractivity contribution is 6.04. The highest BCUT2D eigenvalue weighted by Crippen LogP contribution is 2.21. The molecule has 0 spiro atoms. The van der Waals surface area contributed by atoms with Crippen LogP contribution in [0, 0.1) is 11.8 Å². The molecule has 2 heteroatoms. The zero-order valence-corrected chi connectivity index (χ0v) is 7.01. The van der Waals surface area contributed by atoms with E-state index in [0.29, 0.717) is 0 Å². The number of nitrogens with zero attached hydrogens (tertiary/aromatic N) is 1. The molecule has 1 rings (SSSR count). The second-order valence-corrected chi connectivity index (χ2v) is 3.64. The van der Waals surface area contributed by atoms with Crippen LogP contribution in [0.4, 0.5) is 0 Å². The van der Waals surface area contributed by atoms with Crippen molar-refractivity contribution in [1.82, 2.24) is 4.81 Å². The number of hydrogen-bond donors (Lipinski definition) is 0. The maximum absolute atomic E-state index is 5.70. The maximum Gasteiger partial charge on any atom is 0.182 e. The quantitative estimate of drug-likeness (QED) is 0.494. The monoisotopic (exact) mass is 137 g/mol. The molecular weight excluding hydrogens is 121 g/mol. The molecule has 1 aliphatic heterocycles. The van der Waals surface area contributed by atoms with Crippen LogP contribution in [0.3, 0.4) is 0 Å². The average molecular weight is 137 g/mol. The zero-order valence-electron chi connectivity index (χ0n) is 7.01. The Morgan fingerprint density at radius 1 is 1.50 bits per heavy atom. The third kappa shape index (κ3) is 2.01. The van der Waals surface area contributed by atoms with Gasteiger partial charge in [-0.2, -0.15) is 0 Å². The molecule has 2 radical (unpaired) electrons. The summed E-state index contributed by atoms with van der Waals surface area (Å²) in [7, 11) is 5.70. The van der Waals surface area contributed by atoms with E-state index in [1.807, 2.05) is 4.81 Å². The van der Waals surface area contributed by atoms with E-state index in [-0.39, 0.29) is 0 Å². The van der Waals surface area contributed by atoms with E-state index >= 15 is 0 Å². The zero-order chi connectivity index (χ0) is 7.56. The summed E-state index contributed by atoms with van der Waals surface area (Å²) >= 11 is 0. The molecule has 0 aliphatic carbocycles. The van der Waals surface area contributed by atoms with Crippen molar-refractivity contribution >= 4 is 7.98 Å². The number of rotatable bonds is 1. The molecule has 0 amide bonds. The van der Waals surface area contributed by atoms with Gasteiger partial charge < -0.3 is 4.81 Å².